The molecule has 2 aromatic rings. The summed E-state index contributed by atoms with van der Waals surface area (Å²) in [6.07, 6.45) is 0. The third-order valence-corrected chi connectivity index (χ3v) is 3.42. The minimum Gasteiger partial charge on any atom is -0.491 e. The number of ether oxygens (including phenoxy) is 1. The fourth-order valence-electron chi connectivity index (χ4n) is 2.14. The fourth-order valence-corrected chi connectivity index (χ4v) is 2.14. The van der Waals surface area contributed by atoms with Gasteiger partial charge < -0.3 is 15.2 Å². The van der Waals surface area contributed by atoms with Crippen molar-refractivity contribution >= 4 is 11.6 Å². The largest absolute Gasteiger partial charge is 0.491 e. The molecule has 0 spiro atoms. The maximum absolute atomic E-state index is 12.3. The summed E-state index contributed by atoms with van der Waals surface area (Å²) in [5.74, 6) is 0.402. The van der Waals surface area contributed by atoms with Crippen molar-refractivity contribution in [3.05, 3.63) is 59.7 Å². The Balaban J connectivity index is 1.99. The van der Waals surface area contributed by atoms with E-state index in [0.717, 1.165) is 16.8 Å². The lowest BCUT2D eigenvalue weighted by Crippen LogP contribution is -2.18. The molecule has 0 saturated heterocycles. The Morgan fingerprint density at radius 2 is 1.95 bits per heavy atom. The molecule has 1 atom stereocenters. The molecule has 0 aliphatic heterocycles. The van der Waals surface area contributed by atoms with Crippen LogP contribution in [-0.2, 0) is 4.79 Å². The molecular formula is C18H21NO3. The van der Waals surface area contributed by atoms with Crippen molar-refractivity contribution in [1.82, 2.24) is 0 Å². The summed E-state index contributed by atoms with van der Waals surface area (Å²) in [5.41, 5.74) is 2.86. The van der Waals surface area contributed by atoms with Crippen LogP contribution in [0.5, 0.6) is 5.75 Å². The van der Waals surface area contributed by atoms with Gasteiger partial charge in [0.05, 0.1) is 12.5 Å². The van der Waals surface area contributed by atoms with E-state index in [1.54, 1.807) is 24.3 Å². The highest BCUT2D eigenvalue weighted by Gasteiger charge is 2.15. The first-order valence-electron chi connectivity index (χ1n) is 7.31. The molecule has 116 valence electrons. The minimum absolute atomic E-state index is 0.0213. The molecule has 0 aromatic heterocycles. The first kappa shape index (κ1) is 16.0. The number of hydrogen-bond acceptors (Lipinski definition) is 3. The number of aryl methyl sites for hydroxylation is 1. The topological polar surface area (TPSA) is 58.6 Å². The van der Waals surface area contributed by atoms with Crippen LogP contribution >= 0.6 is 0 Å². The number of benzene rings is 2. The number of hydrogen-bond donors (Lipinski definition) is 2. The number of aliphatic hydroxyl groups excluding tert-OH is 1. The summed E-state index contributed by atoms with van der Waals surface area (Å²) >= 11 is 0. The summed E-state index contributed by atoms with van der Waals surface area (Å²) < 4.78 is 5.28. The molecule has 4 heteroatoms. The number of carbonyl (C=O) groups excluding carboxylic acids is 1. The van der Waals surface area contributed by atoms with Crippen molar-refractivity contribution in [2.24, 2.45) is 0 Å². The molecule has 0 aliphatic rings. The zero-order valence-corrected chi connectivity index (χ0v) is 12.9. The van der Waals surface area contributed by atoms with Crippen molar-refractivity contribution in [1.29, 1.82) is 0 Å². The van der Waals surface area contributed by atoms with E-state index in [1.807, 2.05) is 38.1 Å². The molecule has 4 nitrogen and oxygen atoms in total. The van der Waals surface area contributed by atoms with E-state index in [1.165, 1.54) is 0 Å². The molecule has 0 bridgehead atoms. The van der Waals surface area contributed by atoms with Crippen molar-refractivity contribution in [2.45, 2.75) is 19.8 Å². The van der Waals surface area contributed by atoms with Crippen LogP contribution in [0.15, 0.2) is 48.5 Å². The standard InChI is InChI=1S/C18H21NO3/c1-13-4-3-5-15(12-13)14(2)18(21)19-16-6-8-17(9-7-16)22-11-10-20/h3-9,12,14,20H,10-11H2,1-2H3,(H,19,21). The predicted molar refractivity (Wildman–Crippen MR) is 87.2 cm³/mol. The maximum Gasteiger partial charge on any atom is 0.231 e. The second kappa shape index (κ2) is 7.61. The van der Waals surface area contributed by atoms with Crippen LogP contribution in [0.4, 0.5) is 5.69 Å². The SMILES string of the molecule is Cc1cccc(C(C)C(=O)Nc2ccc(OCCO)cc2)c1. The van der Waals surface area contributed by atoms with Crippen LogP contribution in [0.3, 0.4) is 0 Å². The van der Waals surface area contributed by atoms with Crippen LogP contribution in [0.1, 0.15) is 24.0 Å². The van der Waals surface area contributed by atoms with Crippen molar-refractivity contribution < 1.29 is 14.6 Å². The van der Waals surface area contributed by atoms with Crippen LogP contribution in [0.25, 0.3) is 0 Å². The Kier molecular flexibility index (Phi) is 5.55. The monoisotopic (exact) mass is 299 g/mol. The van der Waals surface area contributed by atoms with E-state index in [2.05, 4.69) is 5.32 Å². The average Bonchev–Trinajstić information content (AvgIpc) is 2.53. The second-order valence-corrected chi connectivity index (χ2v) is 5.22. The van der Waals surface area contributed by atoms with Gasteiger partial charge in [0.25, 0.3) is 0 Å². The van der Waals surface area contributed by atoms with Gasteiger partial charge in [0.2, 0.25) is 5.91 Å². The minimum atomic E-state index is -0.217. The highest BCUT2D eigenvalue weighted by Crippen LogP contribution is 2.20. The fraction of sp³-hybridized carbons (Fsp3) is 0.278. The Hall–Kier alpha value is -2.33. The molecule has 1 unspecified atom stereocenters. The third kappa shape index (κ3) is 4.33. The first-order chi connectivity index (χ1) is 10.6. The van der Waals surface area contributed by atoms with Crippen molar-refractivity contribution in [2.75, 3.05) is 18.5 Å². The number of anilines is 1. The quantitative estimate of drug-likeness (QED) is 0.861. The lowest BCUT2D eigenvalue weighted by atomic mass is 9.98. The lowest BCUT2D eigenvalue weighted by Gasteiger charge is -2.13. The highest BCUT2D eigenvalue weighted by atomic mass is 16.5. The van der Waals surface area contributed by atoms with E-state index in [0.29, 0.717) is 5.75 Å². The van der Waals surface area contributed by atoms with E-state index >= 15 is 0 Å². The highest BCUT2D eigenvalue weighted by molar-refractivity contribution is 5.95. The molecule has 0 radical (unpaired) electrons. The second-order valence-electron chi connectivity index (χ2n) is 5.22. The number of carbonyl (C=O) groups is 1. The summed E-state index contributed by atoms with van der Waals surface area (Å²) in [6.45, 7) is 4.14. The van der Waals surface area contributed by atoms with Crippen molar-refractivity contribution in [3.8, 4) is 5.75 Å². The van der Waals surface area contributed by atoms with E-state index < -0.39 is 0 Å². The Labute approximate surface area is 130 Å². The zero-order valence-electron chi connectivity index (χ0n) is 12.9. The van der Waals surface area contributed by atoms with Crippen molar-refractivity contribution in [3.63, 3.8) is 0 Å². The van der Waals surface area contributed by atoms with Crippen LogP contribution in [-0.4, -0.2) is 24.2 Å². The smallest absolute Gasteiger partial charge is 0.231 e. The number of amides is 1. The molecular weight excluding hydrogens is 278 g/mol. The van der Waals surface area contributed by atoms with Gasteiger partial charge in [-0.1, -0.05) is 29.8 Å². The van der Waals surface area contributed by atoms with Crippen LogP contribution in [0.2, 0.25) is 0 Å². The average molecular weight is 299 g/mol. The van der Waals surface area contributed by atoms with Gasteiger partial charge in [0.1, 0.15) is 12.4 Å². The Morgan fingerprint density at radius 3 is 2.59 bits per heavy atom. The predicted octanol–water partition coefficient (Wildman–Crippen LogP) is 3.11. The number of nitrogens with one attached hydrogen (secondary N) is 1. The molecule has 0 fully saturated rings. The molecule has 0 heterocycles. The van der Waals surface area contributed by atoms with Crippen LogP contribution < -0.4 is 10.1 Å². The van der Waals surface area contributed by atoms with E-state index in [-0.39, 0.29) is 25.0 Å². The molecule has 2 N–H and O–H groups in total. The van der Waals surface area contributed by atoms with Gasteiger partial charge >= 0.3 is 0 Å². The number of aliphatic hydroxyl groups is 1. The van der Waals surface area contributed by atoms with E-state index in [9.17, 15) is 4.79 Å². The molecule has 0 saturated carbocycles. The molecule has 2 rings (SSSR count). The van der Waals surface area contributed by atoms with Crippen LogP contribution in [0, 0.1) is 6.92 Å². The summed E-state index contributed by atoms with van der Waals surface area (Å²) in [6, 6.07) is 15.1. The van der Waals surface area contributed by atoms with Gasteiger partial charge in [-0.3, -0.25) is 4.79 Å². The summed E-state index contributed by atoms with van der Waals surface area (Å²) in [7, 11) is 0. The van der Waals surface area contributed by atoms with Gasteiger partial charge in [0.15, 0.2) is 0 Å². The first-order valence-corrected chi connectivity index (χ1v) is 7.31. The normalized spacial score (nSPS) is 11.8. The number of rotatable bonds is 6. The lowest BCUT2D eigenvalue weighted by molar-refractivity contribution is -0.117. The maximum atomic E-state index is 12.3. The Bertz CT molecular complexity index is 622. The summed E-state index contributed by atoms with van der Waals surface area (Å²) in [4.78, 5) is 12.3. The van der Waals surface area contributed by atoms with Gasteiger partial charge in [-0.05, 0) is 43.7 Å². The van der Waals surface area contributed by atoms with Gasteiger partial charge in [-0.25, -0.2) is 0 Å². The van der Waals surface area contributed by atoms with E-state index in [4.69, 9.17) is 9.84 Å². The molecule has 22 heavy (non-hydrogen) atoms. The summed E-state index contributed by atoms with van der Waals surface area (Å²) in [5, 5.41) is 11.6. The van der Waals surface area contributed by atoms with Gasteiger partial charge in [-0.2, -0.15) is 0 Å². The molecule has 2 aromatic carbocycles. The molecule has 0 aliphatic carbocycles. The Morgan fingerprint density at radius 1 is 1.23 bits per heavy atom. The third-order valence-electron chi connectivity index (χ3n) is 3.42. The van der Waals surface area contributed by atoms with Gasteiger partial charge in [0, 0.05) is 5.69 Å². The molecule has 1 amide bonds. The van der Waals surface area contributed by atoms with Gasteiger partial charge in [-0.15, -0.1) is 0 Å². The zero-order chi connectivity index (χ0) is 15.9.